The monoisotopic (exact) mass is 295 g/mol. The van der Waals surface area contributed by atoms with Crippen LogP contribution >= 0.6 is 11.8 Å². The van der Waals surface area contributed by atoms with Gasteiger partial charge in [-0.1, -0.05) is 0 Å². The van der Waals surface area contributed by atoms with Gasteiger partial charge in [-0.15, -0.1) is 0 Å². The summed E-state index contributed by atoms with van der Waals surface area (Å²) in [7, 11) is 1.98. The van der Waals surface area contributed by atoms with Gasteiger partial charge in [-0.05, 0) is 50.0 Å². The predicted molar refractivity (Wildman–Crippen MR) is 82.8 cm³/mol. The molecule has 3 rings (SSSR count). The second kappa shape index (κ2) is 5.70. The number of nitrogens with zero attached hydrogens (tertiary/aromatic N) is 2. The highest BCUT2D eigenvalue weighted by atomic mass is 32.2. The molecule has 2 aliphatic heterocycles. The van der Waals surface area contributed by atoms with Crippen molar-refractivity contribution < 1.29 is 4.74 Å². The van der Waals surface area contributed by atoms with E-state index in [0.717, 1.165) is 19.4 Å². The van der Waals surface area contributed by atoms with Gasteiger partial charge in [0.05, 0.1) is 11.8 Å². The van der Waals surface area contributed by atoms with Gasteiger partial charge in [0.25, 0.3) is 0 Å². The van der Waals surface area contributed by atoms with Gasteiger partial charge in [-0.25, -0.2) is 0 Å². The standard InChI is InChI=1S/C15H25N3OS/c1-11-13(10-17-18(11)2)14(16)12-3-6-19-15(9-12)4-7-20-8-5-15/h10,12,14H,3-9,16H2,1-2H3. The average molecular weight is 295 g/mol. The van der Waals surface area contributed by atoms with E-state index in [4.69, 9.17) is 10.5 Å². The summed E-state index contributed by atoms with van der Waals surface area (Å²) in [5.41, 5.74) is 9.07. The van der Waals surface area contributed by atoms with Crippen LogP contribution in [-0.4, -0.2) is 33.5 Å². The largest absolute Gasteiger partial charge is 0.375 e. The number of hydrogen-bond donors (Lipinski definition) is 1. The summed E-state index contributed by atoms with van der Waals surface area (Å²) < 4.78 is 8.09. The Hall–Kier alpha value is -0.520. The first-order chi connectivity index (χ1) is 9.61. The van der Waals surface area contributed by atoms with Crippen molar-refractivity contribution in [3.05, 3.63) is 17.5 Å². The van der Waals surface area contributed by atoms with Crippen LogP contribution in [0.2, 0.25) is 0 Å². The van der Waals surface area contributed by atoms with Crippen molar-refractivity contribution in [3.63, 3.8) is 0 Å². The summed E-state index contributed by atoms with van der Waals surface area (Å²) in [6.45, 7) is 2.97. The quantitative estimate of drug-likeness (QED) is 0.910. The summed E-state index contributed by atoms with van der Waals surface area (Å²) >= 11 is 2.05. The van der Waals surface area contributed by atoms with Crippen molar-refractivity contribution in [1.82, 2.24) is 9.78 Å². The molecule has 2 N–H and O–H groups in total. The first kappa shape index (κ1) is 14.4. The van der Waals surface area contributed by atoms with E-state index in [1.54, 1.807) is 0 Å². The lowest BCUT2D eigenvalue weighted by atomic mass is 9.77. The van der Waals surface area contributed by atoms with Crippen LogP contribution in [0.25, 0.3) is 0 Å². The zero-order chi connectivity index (χ0) is 14.2. The molecule has 2 atom stereocenters. The van der Waals surface area contributed by atoms with Gasteiger partial charge in [0.2, 0.25) is 0 Å². The molecule has 0 bridgehead atoms. The summed E-state index contributed by atoms with van der Waals surface area (Å²) in [5, 5.41) is 4.34. The Morgan fingerprint density at radius 2 is 2.25 bits per heavy atom. The second-order valence-electron chi connectivity index (χ2n) is 6.23. The van der Waals surface area contributed by atoms with E-state index in [0.29, 0.717) is 5.92 Å². The summed E-state index contributed by atoms with van der Waals surface area (Å²) in [5.74, 6) is 2.98. The van der Waals surface area contributed by atoms with Crippen molar-refractivity contribution in [2.45, 2.75) is 44.2 Å². The molecule has 2 fully saturated rings. The molecule has 0 saturated carbocycles. The summed E-state index contributed by atoms with van der Waals surface area (Å²) in [4.78, 5) is 0. The van der Waals surface area contributed by atoms with Gasteiger partial charge < -0.3 is 10.5 Å². The highest BCUT2D eigenvalue weighted by Gasteiger charge is 2.41. The third kappa shape index (κ3) is 2.63. The van der Waals surface area contributed by atoms with Gasteiger partial charge >= 0.3 is 0 Å². The van der Waals surface area contributed by atoms with E-state index in [2.05, 4.69) is 12.0 Å². The number of nitrogens with two attached hydrogens (primary N) is 1. The Labute approximate surface area is 125 Å². The Morgan fingerprint density at radius 1 is 1.50 bits per heavy atom. The molecule has 5 heteroatoms. The molecule has 112 valence electrons. The maximum Gasteiger partial charge on any atom is 0.0701 e. The molecule has 0 aromatic carbocycles. The van der Waals surface area contributed by atoms with Crippen LogP contribution in [0, 0.1) is 12.8 Å². The average Bonchev–Trinajstić information content (AvgIpc) is 2.79. The van der Waals surface area contributed by atoms with Crippen LogP contribution in [0.4, 0.5) is 0 Å². The van der Waals surface area contributed by atoms with Gasteiger partial charge in [-0.2, -0.15) is 16.9 Å². The van der Waals surface area contributed by atoms with Crippen LogP contribution in [0.5, 0.6) is 0 Å². The number of aromatic nitrogens is 2. The number of hydrogen-bond acceptors (Lipinski definition) is 4. The smallest absolute Gasteiger partial charge is 0.0701 e. The molecular formula is C15H25N3OS. The minimum Gasteiger partial charge on any atom is -0.375 e. The maximum atomic E-state index is 6.56. The Bertz CT molecular complexity index is 462. The van der Waals surface area contributed by atoms with Crippen molar-refractivity contribution in [2.24, 2.45) is 18.7 Å². The van der Waals surface area contributed by atoms with E-state index in [1.165, 1.54) is 35.6 Å². The second-order valence-corrected chi connectivity index (χ2v) is 7.46. The Kier molecular flexibility index (Phi) is 4.11. The van der Waals surface area contributed by atoms with E-state index in [9.17, 15) is 0 Å². The SMILES string of the molecule is Cc1c(C(N)C2CCOC3(CCSCC3)C2)cnn1C. The molecule has 0 radical (unpaired) electrons. The molecular weight excluding hydrogens is 270 g/mol. The van der Waals surface area contributed by atoms with Gasteiger partial charge in [0.1, 0.15) is 0 Å². The van der Waals surface area contributed by atoms with Crippen molar-refractivity contribution in [3.8, 4) is 0 Å². The lowest BCUT2D eigenvalue weighted by molar-refractivity contribution is -0.105. The van der Waals surface area contributed by atoms with Crippen LogP contribution in [0.1, 0.15) is 43.0 Å². The minimum atomic E-state index is 0.0963. The molecule has 4 nitrogen and oxygen atoms in total. The zero-order valence-corrected chi connectivity index (χ0v) is 13.3. The molecule has 0 amide bonds. The molecule has 1 aromatic rings. The minimum absolute atomic E-state index is 0.0963. The van der Waals surface area contributed by atoms with Gasteiger partial charge in [-0.3, -0.25) is 4.68 Å². The van der Waals surface area contributed by atoms with Gasteiger partial charge in [0, 0.05) is 31.0 Å². The third-order valence-corrected chi connectivity index (χ3v) is 6.06. The van der Waals surface area contributed by atoms with Crippen molar-refractivity contribution in [2.75, 3.05) is 18.1 Å². The Balaban J connectivity index is 1.74. The lowest BCUT2D eigenvalue weighted by Crippen LogP contribution is -2.45. The fraction of sp³-hybridized carbons (Fsp3) is 0.800. The van der Waals surface area contributed by atoms with Crippen LogP contribution in [0.15, 0.2) is 6.20 Å². The van der Waals surface area contributed by atoms with E-state index in [1.807, 2.05) is 29.7 Å². The fourth-order valence-corrected chi connectivity index (χ4v) is 4.80. The van der Waals surface area contributed by atoms with E-state index >= 15 is 0 Å². The van der Waals surface area contributed by atoms with Crippen molar-refractivity contribution in [1.29, 1.82) is 0 Å². The first-order valence-electron chi connectivity index (χ1n) is 7.57. The summed E-state index contributed by atoms with van der Waals surface area (Å²) in [6, 6.07) is 0.0963. The molecule has 2 saturated heterocycles. The van der Waals surface area contributed by atoms with Crippen molar-refractivity contribution >= 4 is 11.8 Å². The normalized spacial score (nSPS) is 27.6. The highest BCUT2D eigenvalue weighted by molar-refractivity contribution is 7.99. The van der Waals surface area contributed by atoms with E-state index < -0.39 is 0 Å². The van der Waals surface area contributed by atoms with Gasteiger partial charge in [0.15, 0.2) is 0 Å². The third-order valence-electron chi connectivity index (χ3n) is 5.08. The predicted octanol–water partition coefficient (Wildman–Crippen LogP) is 2.42. The summed E-state index contributed by atoms with van der Waals surface area (Å²) in [6.07, 6.45) is 6.51. The molecule has 0 aliphatic carbocycles. The molecule has 20 heavy (non-hydrogen) atoms. The first-order valence-corrected chi connectivity index (χ1v) is 8.73. The number of thioether (sulfide) groups is 1. The molecule has 1 aromatic heterocycles. The fourth-order valence-electron chi connectivity index (χ4n) is 3.56. The molecule has 3 heterocycles. The Morgan fingerprint density at radius 3 is 2.90 bits per heavy atom. The van der Waals surface area contributed by atoms with Crippen LogP contribution < -0.4 is 5.73 Å². The molecule has 2 unspecified atom stereocenters. The molecule has 2 aliphatic rings. The zero-order valence-electron chi connectivity index (χ0n) is 12.5. The number of aryl methyl sites for hydroxylation is 1. The topological polar surface area (TPSA) is 53.1 Å². The highest BCUT2D eigenvalue weighted by Crippen LogP contribution is 2.43. The lowest BCUT2D eigenvalue weighted by Gasteiger charge is -2.44. The van der Waals surface area contributed by atoms with Crippen LogP contribution in [-0.2, 0) is 11.8 Å². The van der Waals surface area contributed by atoms with Crippen LogP contribution in [0.3, 0.4) is 0 Å². The maximum absolute atomic E-state index is 6.56. The number of rotatable bonds is 2. The molecule has 1 spiro atoms. The van der Waals surface area contributed by atoms with E-state index in [-0.39, 0.29) is 11.6 Å². The number of ether oxygens (including phenoxy) is 1.